The van der Waals surface area contributed by atoms with Gasteiger partial charge >= 0.3 is 6.03 Å². The maximum absolute atomic E-state index is 11.7. The predicted molar refractivity (Wildman–Crippen MR) is 73.2 cm³/mol. The lowest BCUT2D eigenvalue weighted by Gasteiger charge is -2.26. The van der Waals surface area contributed by atoms with E-state index in [2.05, 4.69) is 17.6 Å². The van der Waals surface area contributed by atoms with Crippen molar-refractivity contribution in [2.24, 2.45) is 5.92 Å². The Kier molecular flexibility index (Phi) is 4.62. The average molecular weight is 246 g/mol. The van der Waals surface area contributed by atoms with Gasteiger partial charge in [-0.25, -0.2) is 4.79 Å². The summed E-state index contributed by atoms with van der Waals surface area (Å²) < 4.78 is 0. The molecule has 98 valence electrons. The third-order valence-electron chi connectivity index (χ3n) is 3.65. The second kappa shape index (κ2) is 6.43. The van der Waals surface area contributed by atoms with Crippen LogP contribution in [-0.2, 0) is 6.54 Å². The van der Waals surface area contributed by atoms with Crippen LogP contribution in [-0.4, -0.2) is 12.1 Å². The van der Waals surface area contributed by atoms with Crippen molar-refractivity contribution in [1.82, 2.24) is 10.6 Å². The zero-order valence-electron chi connectivity index (χ0n) is 11.0. The van der Waals surface area contributed by atoms with Gasteiger partial charge in [-0.2, -0.15) is 0 Å². The summed E-state index contributed by atoms with van der Waals surface area (Å²) in [6, 6.07) is 10.3. The van der Waals surface area contributed by atoms with E-state index < -0.39 is 0 Å². The Hall–Kier alpha value is -1.51. The van der Waals surface area contributed by atoms with Gasteiger partial charge in [-0.3, -0.25) is 0 Å². The third-order valence-corrected chi connectivity index (χ3v) is 3.65. The molecule has 3 nitrogen and oxygen atoms in total. The number of amides is 2. The molecule has 1 saturated carbocycles. The Balaban J connectivity index is 1.69. The number of urea groups is 1. The molecule has 0 aromatic heterocycles. The van der Waals surface area contributed by atoms with E-state index in [1.165, 1.54) is 12.8 Å². The van der Waals surface area contributed by atoms with Crippen molar-refractivity contribution in [3.8, 4) is 0 Å². The zero-order chi connectivity index (χ0) is 12.8. The Labute approximate surface area is 109 Å². The molecule has 1 aromatic carbocycles. The molecular formula is C15H22N2O. The molecular weight excluding hydrogens is 224 g/mol. The van der Waals surface area contributed by atoms with Gasteiger partial charge < -0.3 is 10.6 Å². The lowest BCUT2D eigenvalue weighted by Crippen LogP contribution is -2.43. The zero-order valence-corrected chi connectivity index (χ0v) is 11.0. The molecule has 0 bridgehead atoms. The first-order chi connectivity index (χ1) is 8.74. The summed E-state index contributed by atoms with van der Waals surface area (Å²) in [5.74, 6) is 0.815. The molecule has 0 heterocycles. The second-order valence-corrected chi connectivity index (χ2v) is 5.27. The van der Waals surface area contributed by atoms with Crippen molar-refractivity contribution in [1.29, 1.82) is 0 Å². The molecule has 18 heavy (non-hydrogen) atoms. The monoisotopic (exact) mass is 246 g/mol. The van der Waals surface area contributed by atoms with E-state index in [0.717, 1.165) is 24.3 Å². The van der Waals surface area contributed by atoms with E-state index in [9.17, 15) is 4.79 Å². The van der Waals surface area contributed by atoms with Gasteiger partial charge in [0.2, 0.25) is 0 Å². The summed E-state index contributed by atoms with van der Waals surface area (Å²) >= 11 is 0. The van der Waals surface area contributed by atoms with Crippen LogP contribution in [0.1, 0.15) is 38.2 Å². The minimum atomic E-state index is -0.0431. The quantitative estimate of drug-likeness (QED) is 0.845. The third kappa shape index (κ3) is 4.06. The molecule has 0 spiro atoms. The van der Waals surface area contributed by atoms with Crippen LogP contribution in [0.15, 0.2) is 30.3 Å². The number of carbonyl (C=O) groups is 1. The molecule has 2 amide bonds. The Bertz CT molecular complexity index is 369. The fourth-order valence-electron chi connectivity index (χ4n) is 2.42. The van der Waals surface area contributed by atoms with Crippen molar-refractivity contribution in [2.45, 2.75) is 45.2 Å². The molecule has 0 aliphatic heterocycles. The summed E-state index contributed by atoms with van der Waals surface area (Å²) in [5.41, 5.74) is 1.13. The summed E-state index contributed by atoms with van der Waals surface area (Å²) in [5, 5.41) is 5.97. The van der Waals surface area contributed by atoms with Gasteiger partial charge in [-0.15, -0.1) is 0 Å². The maximum atomic E-state index is 11.7. The van der Waals surface area contributed by atoms with Gasteiger partial charge in [0.05, 0.1) is 0 Å². The highest BCUT2D eigenvalue weighted by Gasteiger charge is 2.19. The van der Waals surface area contributed by atoms with Gasteiger partial charge in [0.15, 0.2) is 0 Å². The Morgan fingerprint density at radius 3 is 2.50 bits per heavy atom. The van der Waals surface area contributed by atoms with Crippen LogP contribution in [0.2, 0.25) is 0 Å². The summed E-state index contributed by atoms with van der Waals surface area (Å²) in [6.45, 7) is 2.88. The van der Waals surface area contributed by atoms with Crippen LogP contribution < -0.4 is 10.6 Å². The minimum Gasteiger partial charge on any atom is -0.335 e. The lowest BCUT2D eigenvalue weighted by atomic mass is 9.87. The SMILES string of the molecule is CC1CCC(NC(=O)NCc2ccccc2)CC1. The molecule has 0 radical (unpaired) electrons. The molecule has 1 aromatic rings. The van der Waals surface area contributed by atoms with E-state index in [1.54, 1.807) is 0 Å². The topological polar surface area (TPSA) is 41.1 Å². The molecule has 1 fully saturated rings. The summed E-state index contributed by atoms with van der Waals surface area (Å²) in [7, 11) is 0. The van der Waals surface area contributed by atoms with Gasteiger partial charge in [0.1, 0.15) is 0 Å². The van der Waals surface area contributed by atoms with Crippen molar-refractivity contribution < 1.29 is 4.79 Å². The van der Waals surface area contributed by atoms with Crippen molar-refractivity contribution >= 4 is 6.03 Å². The first-order valence-corrected chi connectivity index (χ1v) is 6.82. The molecule has 2 rings (SSSR count). The van der Waals surface area contributed by atoms with Crippen LogP contribution in [0.3, 0.4) is 0 Å². The Morgan fingerprint density at radius 2 is 1.83 bits per heavy atom. The number of benzene rings is 1. The smallest absolute Gasteiger partial charge is 0.315 e. The first-order valence-electron chi connectivity index (χ1n) is 6.82. The van der Waals surface area contributed by atoms with Gasteiger partial charge in [0.25, 0.3) is 0 Å². The van der Waals surface area contributed by atoms with Crippen LogP contribution in [0.4, 0.5) is 4.79 Å². The molecule has 0 saturated heterocycles. The highest BCUT2D eigenvalue weighted by molar-refractivity contribution is 5.74. The van der Waals surface area contributed by atoms with E-state index in [1.807, 2.05) is 30.3 Å². The second-order valence-electron chi connectivity index (χ2n) is 5.27. The average Bonchev–Trinajstić information content (AvgIpc) is 2.40. The van der Waals surface area contributed by atoms with Gasteiger partial charge in [-0.1, -0.05) is 37.3 Å². The number of rotatable bonds is 3. The normalized spacial score (nSPS) is 23.4. The predicted octanol–water partition coefficient (Wildman–Crippen LogP) is 3.06. The van der Waals surface area contributed by atoms with E-state index >= 15 is 0 Å². The number of hydrogen-bond acceptors (Lipinski definition) is 1. The highest BCUT2D eigenvalue weighted by atomic mass is 16.2. The van der Waals surface area contributed by atoms with Crippen molar-refractivity contribution in [2.75, 3.05) is 0 Å². The number of nitrogens with one attached hydrogen (secondary N) is 2. The fraction of sp³-hybridized carbons (Fsp3) is 0.533. The molecule has 0 unspecified atom stereocenters. The standard InChI is InChI=1S/C15H22N2O/c1-12-7-9-14(10-8-12)17-15(18)16-11-13-5-3-2-4-6-13/h2-6,12,14H,7-11H2,1H3,(H2,16,17,18). The number of hydrogen-bond donors (Lipinski definition) is 2. The molecule has 2 N–H and O–H groups in total. The Morgan fingerprint density at radius 1 is 1.17 bits per heavy atom. The molecule has 1 aliphatic rings. The van der Waals surface area contributed by atoms with Crippen LogP contribution in [0.5, 0.6) is 0 Å². The molecule has 3 heteroatoms. The van der Waals surface area contributed by atoms with Gasteiger partial charge in [-0.05, 0) is 37.2 Å². The van der Waals surface area contributed by atoms with Crippen LogP contribution in [0, 0.1) is 5.92 Å². The van der Waals surface area contributed by atoms with Crippen LogP contribution in [0.25, 0.3) is 0 Å². The van der Waals surface area contributed by atoms with Gasteiger partial charge in [0, 0.05) is 12.6 Å². The lowest BCUT2D eigenvalue weighted by molar-refractivity contribution is 0.228. The van der Waals surface area contributed by atoms with E-state index in [4.69, 9.17) is 0 Å². The molecule has 1 aliphatic carbocycles. The van der Waals surface area contributed by atoms with Crippen molar-refractivity contribution in [3.63, 3.8) is 0 Å². The summed E-state index contributed by atoms with van der Waals surface area (Å²) in [6.07, 6.45) is 4.67. The fourth-order valence-corrected chi connectivity index (χ4v) is 2.42. The minimum absolute atomic E-state index is 0.0431. The van der Waals surface area contributed by atoms with Crippen molar-refractivity contribution in [3.05, 3.63) is 35.9 Å². The first kappa shape index (κ1) is 12.9. The number of carbonyl (C=O) groups excluding carboxylic acids is 1. The largest absolute Gasteiger partial charge is 0.335 e. The summed E-state index contributed by atoms with van der Waals surface area (Å²) in [4.78, 5) is 11.7. The molecule has 0 atom stereocenters. The highest BCUT2D eigenvalue weighted by Crippen LogP contribution is 2.23. The van der Waals surface area contributed by atoms with E-state index in [-0.39, 0.29) is 6.03 Å². The van der Waals surface area contributed by atoms with Crippen LogP contribution >= 0.6 is 0 Å². The maximum Gasteiger partial charge on any atom is 0.315 e. The van der Waals surface area contributed by atoms with E-state index in [0.29, 0.717) is 12.6 Å².